The minimum atomic E-state index is 0.294. The number of carbonyl (C=O) groups excluding carboxylic acids is 1. The van der Waals surface area contributed by atoms with Gasteiger partial charge in [0.2, 0.25) is 5.91 Å². The average Bonchev–Trinajstić information content (AvgIpc) is 3.06. The van der Waals surface area contributed by atoms with Crippen molar-refractivity contribution in [3.8, 4) is 0 Å². The van der Waals surface area contributed by atoms with Crippen LogP contribution in [-0.2, 0) is 11.8 Å². The Hall–Kier alpha value is -1.25. The van der Waals surface area contributed by atoms with Gasteiger partial charge in [-0.1, -0.05) is 19.8 Å². The van der Waals surface area contributed by atoms with Gasteiger partial charge in [-0.15, -0.1) is 0 Å². The van der Waals surface area contributed by atoms with E-state index < -0.39 is 0 Å². The van der Waals surface area contributed by atoms with Crippen LogP contribution in [-0.4, -0.2) is 21.9 Å². The monoisotopic (exact) mass is 260 g/mol. The van der Waals surface area contributed by atoms with Crippen molar-refractivity contribution in [2.75, 3.05) is 6.54 Å². The molecule has 3 unspecified atom stereocenters. The highest BCUT2D eigenvalue weighted by Crippen LogP contribution is 2.42. The van der Waals surface area contributed by atoms with Crippen LogP contribution < -0.4 is 0 Å². The summed E-state index contributed by atoms with van der Waals surface area (Å²) in [5.41, 5.74) is 1.29. The lowest BCUT2D eigenvalue weighted by atomic mass is 10.1. The molecule has 0 radical (unpaired) electrons. The fraction of sp³-hybridized carbons (Fsp3) is 0.688. The molecular weight excluding hydrogens is 236 g/mol. The van der Waals surface area contributed by atoms with E-state index in [0.29, 0.717) is 23.8 Å². The van der Waals surface area contributed by atoms with Gasteiger partial charge in [-0.2, -0.15) is 0 Å². The molecule has 2 fully saturated rings. The predicted octanol–water partition coefficient (Wildman–Crippen LogP) is 3.12. The summed E-state index contributed by atoms with van der Waals surface area (Å²) < 4.78 is 2.17. The second-order valence-corrected chi connectivity index (χ2v) is 6.26. The third kappa shape index (κ3) is 2.43. The smallest absolute Gasteiger partial charge is 0.226 e. The van der Waals surface area contributed by atoms with Gasteiger partial charge in [-0.3, -0.25) is 4.79 Å². The molecule has 3 nitrogen and oxygen atoms in total. The van der Waals surface area contributed by atoms with Gasteiger partial charge in [0.05, 0.1) is 6.04 Å². The lowest BCUT2D eigenvalue weighted by Gasteiger charge is -2.31. The molecule has 1 aliphatic heterocycles. The van der Waals surface area contributed by atoms with E-state index in [2.05, 4.69) is 41.8 Å². The first-order chi connectivity index (χ1) is 9.18. The second kappa shape index (κ2) is 5.03. The Labute approximate surface area is 115 Å². The fourth-order valence-corrected chi connectivity index (χ4v) is 3.38. The Balaban J connectivity index is 1.85. The van der Waals surface area contributed by atoms with Gasteiger partial charge < -0.3 is 9.47 Å². The van der Waals surface area contributed by atoms with Crippen molar-refractivity contribution in [3.63, 3.8) is 0 Å². The number of rotatable bonds is 2. The van der Waals surface area contributed by atoms with Gasteiger partial charge in [0.25, 0.3) is 0 Å². The Kier molecular flexibility index (Phi) is 3.38. The molecule has 3 heteroatoms. The SMILES string of the molecule is CC1CC1C(=O)N1CCCCCC1c1cccn1C. The van der Waals surface area contributed by atoms with E-state index in [1.165, 1.54) is 18.5 Å². The Bertz CT molecular complexity index is 465. The molecule has 1 aromatic rings. The van der Waals surface area contributed by atoms with Gasteiger partial charge >= 0.3 is 0 Å². The van der Waals surface area contributed by atoms with E-state index in [0.717, 1.165) is 25.8 Å². The van der Waals surface area contributed by atoms with E-state index in [1.807, 2.05) is 0 Å². The van der Waals surface area contributed by atoms with Gasteiger partial charge in [-0.05, 0) is 37.3 Å². The zero-order valence-electron chi connectivity index (χ0n) is 12.0. The molecule has 2 heterocycles. The van der Waals surface area contributed by atoms with Crippen LogP contribution in [0.5, 0.6) is 0 Å². The molecule has 1 saturated carbocycles. The first-order valence-electron chi connectivity index (χ1n) is 7.60. The average molecular weight is 260 g/mol. The van der Waals surface area contributed by atoms with E-state index >= 15 is 0 Å². The van der Waals surface area contributed by atoms with E-state index in [-0.39, 0.29) is 0 Å². The molecule has 1 amide bonds. The normalized spacial score (nSPS) is 31.1. The highest BCUT2D eigenvalue weighted by molar-refractivity contribution is 5.82. The summed E-state index contributed by atoms with van der Waals surface area (Å²) in [6.45, 7) is 3.13. The van der Waals surface area contributed by atoms with E-state index in [1.54, 1.807) is 0 Å². The summed E-state index contributed by atoms with van der Waals surface area (Å²) in [5.74, 6) is 1.31. The predicted molar refractivity (Wildman–Crippen MR) is 75.6 cm³/mol. The minimum Gasteiger partial charge on any atom is -0.353 e. The molecule has 1 aliphatic carbocycles. The first-order valence-corrected chi connectivity index (χ1v) is 7.60. The van der Waals surface area contributed by atoms with E-state index in [9.17, 15) is 4.79 Å². The molecule has 0 aromatic carbocycles. The largest absolute Gasteiger partial charge is 0.353 e. The molecule has 19 heavy (non-hydrogen) atoms. The second-order valence-electron chi connectivity index (χ2n) is 6.26. The maximum absolute atomic E-state index is 12.7. The van der Waals surface area contributed by atoms with Crippen molar-refractivity contribution in [1.82, 2.24) is 9.47 Å². The molecular formula is C16H24N2O. The van der Waals surface area contributed by atoms with Crippen LogP contribution >= 0.6 is 0 Å². The molecule has 1 aromatic heterocycles. The molecule has 1 saturated heterocycles. The van der Waals surface area contributed by atoms with Crippen molar-refractivity contribution in [1.29, 1.82) is 0 Å². The number of hydrogen-bond acceptors (Lipinski definition) is 1. The van der Waals surface area contributed by atoms with Gasteiger partial charge in [-0.25, -0.2) is 0 Å². The summed E-state index contributed by atoms with van der Waals surface area (Å²) >= 11 is 0. The van der Waals surface area contributed by atoms with Crippen LogP contribution in [0, 0.1) is 11.8 Å². The zero-order valence-corrected chi connectivity index (χ0v) is 12.0. The van der Waals surface area contributed by atoms with Crippen LogP contribution in [0.15, 0.2) is 18.3 Å². The number of aryl methyl sites for hydroxylation is 1. The molecule has 2 aliphatic rings. The van der Waals surface area contributed by atoms with Crippen molar-refractivity contribution >= 4 is 5.91 Å². The van der Waals surface area contributed by atoms with Crippen LogP contribution in [0.4, 0.5) is 0 Å². The molecule has 0 bridgehead atoms. The third-order valence-electron chi connectivity index (χ3n) is 4.79. The van der Waals surface area contributed by atoms with Gasteiger partial charge in [0, 0.05) is 31.4 Å². The van der Waals surface area contributed by atoms with Crippen molar-refractivity contribution in [3.05, 3.63) is 24.0 Å². The summed E-state index contributed by atoms with van der Waals surface area (Å²) in [5, 5.41) is 0. The van der Waals surface area contributed by atoms with Gasteiger partial charge in [0.1, 0.15) is 0 Å². The molecule has 104 valence electrons. The van der Waals surface area contributed by atoms with Gasteiger partial charge in [0.15, 0.2) is 0 Å². The lowest BCUT2D eigenvalue weighted by Crippen LogP contribution is -2.36. The van der Waals surface area contributed by atoms with Crippen LogP contribution in [0.25, 0.3) is 0 Å². The maximum Gasteiger partial charge on any atom is 0.226 e. The summed E-state index contributed by atoms with van der Waals surface area (Å²) in [4.78, 5) is 14.8. The number of carbonyl (C=O) groups is 1. The number of likely N-dealkylation sites (tertiary alicyclic amines) is 1. The Morgan fingerprint density at radius 1 is 1.32 bits per heavy atom. The number of amides is 1. The third-order valence-corrected chi connectivity index (χ3v) is 4.79. The van der Waals surface area contributed by atoms with Crippen LogP contribution in [0.1, 0.15) is 50.8 Å². The van der Waals surface area contributed by atoms with Crippen molar-refractivity contribution < 1.29 is 4.79 Å². The quantitative estimate of drug-likeness (QED) is 0.802. The maximum atomic E-state index is 12.7. The highest BCUT2D eigenvalue weighted by atomic mass is 16.2. The molecule has 0 spiro atoms. The zero-order chi connectivity index (χ0) is 13.4. The topological polar surface area (TPSA) is 25.2 Å². The molecule has 3 rings (SSSR count). The Morgan fingerprint density at radius 2 is 2.11 bits per heavy atom. The number of hydrogen-bond donors (Lipinski definition) is 0. The summed E-state index contributed by atoms with van der Waals surface area (Å²) in [6, 6.07) is 4.55. The molecule has 3 atom stereocenters. The fourth-order valence-electron chi connectivity index (χ4n) is 3.38. The summed E-state index contributed by atoms with van der Waals surface area (Å²) in [6.07, 6.45) is 7.95. The number of aromatic nitrogens is 1. The van der Waals surface area contributed by atoms with Crippen LogP contribution in [0.3, 0.4) is 0 Å². The summed E-state index contributed by atoms with van der Waals surface area (Å²) in [7, 11) is 2.09. The van der Waals surface area contributed by atoms with E-state index in [4.69, 9.17) is 0 Å². The standard InChI is InChI=1S/C16H24N2O/c1-12-11-13(12)16(19)18-10-5-3-4-7-15(18)14-8-6-9-17(14)2/h6,8-9,12-13,15H,3-5,7,10-11H2,1-2H3. The van der Waals surface area contributed by atoms with Crippen LogP contribution in [0.2, 0.25) is 0 Å². The van der Waals surface area contributed by atoms with Crippen molar-refractivity contribution in [2.45, 2.75) is 45.1 Å². The molecule has 0 N–H and O–H groups in total. The lowest BCUT2D eigenvalue weighted by molar-refractivity contribution is -0.135. The minimum absolute atomic E-state index is 0.294. The van der Waals surface area contributed by atoms with Crippen molar-refractivity contribution in [2.24, 2.45) is 18.9 Å². The number of nitrogens with zero attached hydrogens (tertiary/aromatic N) is 2. The first kappa shape index (κ1) is 12.8. The Morgan fingerprint density at radius 3 is 2.74 bits per heavy atom. The highest BCUT2D eigenvalue weighted by Gasteiger charge is 2.43.